The lowest BCUT2D eigenvalue weighted by molar-refractivity contribution is -0.384. The fraction of sp³-hybridized carbons (Fsp3) is 0.333. The number of carbonyl (C=O) groups excluding carboxylic acids is 2. The number of nitrogens with zero attached hydrogens (tertiary/aromatic N) is 2. The minimum atomic E-state index is -0.804. The van der Waals surface area contributed by atoms with Crippen LogP contribution < -0.4 is 0 Å². The number of Topliss-reactive ketones (excluding diaryl/α,β-unsaturated/α-hetero) is 1. The van der Waals surface area contributed by atoms with Gasteiger partial charge in [-0.25, -0.2) is 0 Å². The van der Waals surface area contributed by atoms with Crippen molar-refractivity contribution in [2.45, 2.75) is 32.2 Å². The molecule has 0 spiro atoms. The average Bonchev–Trinajstić information content (AvgIpc) is 3.01. The van der Waals surface area contributed by atoms with Crippen molar-refractivity contribution in [2.24, 2.45) is 0 Å². The minimum absolute atomic E-state index is 0.0523. The molecule has 1 aliphatic heterocycles. The van der Waals surface area contributed by atoms with Crippen LogP contribution in [0.25, 0.3) is 5.76 Å². The van der Waals surface area contributed by atoms with Crippen molar-refractivity contribution in [3.05, 3.63) is 80.9 Å². The van der Waals surface area contributed by atoms with Gasteiger partial charge in [-0.2, -0.15) is 0 Å². The monoisotopic (exact) mass is 438 g/mol. The van der Waals surface area contributed by atoms with Gasteiger partial charge in [-0.05, 0) is 28.7 Å². The SMILES string of the molecule is COCCN1C(=O)C(=O)/C(=C(\O)c2ccc([N+](=O)[O-])cc2)C1c1ccc(C(C)(C)C)cc1. The van der Waals surface area contributed by atoms with Gasteiger partial charge in [0.1, 0.15) is 5.76 Å². The molecule has 0 bridgehead atoms. The summed E-state index contributed by atoms with van der Waals surface area (Å²) in [6.45, 7) is 6.65. The van der Waals surface area contributed by atoms with E-state index in [4.69, 9.17) is 4.74 Å². The number of amides is 1. The molecule has 0 aliphatic carbocycles. The molecule has 8 nitrogen and oxygen atoms in total. The highest BCUT2D eigenvalue weighted by Crippen LogP contribution is 2.40. The number of hydrogen-bond donors (Lipinski definition) is 1. The standard InChI is InChI=1S/C24H26N2O6/c1-24(2,3)17-9-5-15(6-10-17)20-19(22(28)23(29)25(20)13-14-32-4)21(27)16-7-11-18(12-8-16)26(30)31/h5-12,20,27H,13-14H2,1-4H3/b21-19-. The summed E-state index contributed by atoms with van der Waals surface area (Å²) in [4.78, 5) is 37.5. The highest BCUT2D eigenvalue weighted by atomic mass is 16.6. The van der Waals surface area contributed by atoms with Crippen LogP contribution >= 0.6 is 0 Å². The molecule has 1 amide bonds. The van der Waals surface area contributed by atoms with Crippen molar-refractivity contribution in [2.75, 3.05) is 20.3 Å². The number of carbonyl (C=O) groups is 2. The van der Waals surface area contributed by atoms with Gasteiger partial charge in [-0.15, -0.1) is 0 Å². The molecule has 168 valence electrons. The topological polar surface area (TPSA) is 110 Å². The van der Waals surface area contributed by atoms with Crippen LogP contribution in [0.3, 0.4) is 0 Å². The molecule has 1 N–H and O–H groups in total. The first kappa shape index (κ1) is 23.1. The summed E-state index contributed by atoms with van der Waals surface area (Å²) in [5.74, 6) is -1.90. The first-order valence-corrected chi connectivity index (χ1v) is 10.2. The van der Waals surface area contributed by atoms with Crippen molar-refractivity contribution in [1.29, 1.82) is 0 Å². The van der Waals surface area contributed by atoms with Crippen LogP contribution in [0.5, 0.6) is 0 Å². The fourth-order valence-electron chi connectivity index (χ4n) is 3.71. The van der Waals surface area contributed by atoms with Crippen LogP contribution in [0.2, 0.25) is 0 Å². The molecular formula is C24H26N2O6. The Balaban J connectivity index is 2.12. The number of ether oxygens (including phenoxy) is 1. The van der Waals surface area contributed by atoms with Gasteiger partial charge in [0, 0.05) is 31.4 Å². The number of methoxy groups -OCH3 is 1. The summed E-state index contributed by atoms with van der Waals surface area (Å²) in [6.07, 6.45) is 0. The maximum absolute atomic E-state index is 12.9. The number of rotatable bonds is 6. The summed E-state index contributed by atoms with van der Waals surface area (Å²) in [7, 11) is 1.50. The molecule has 2 aromatic rings. The zero-order valence-electron chi connectivity index (χ0n) is 18.5. The number of non-ortho nitro benzene ring substituents is 1. The molecule has 0 aromatic heterocycles. The van der Waals surface area contributed by atoms with E-state index in [1.165, 1.54) is 36.3 Å². The molecule has 32 heavy (non-hydrogen) atoms. The molecule has 1 heterocycles. The van der Waals surface area contributed by atoms with E-state index in [0.717, 1.165) is 5.56 Å². The lowest BCUT2D eigenvalue weighted by Gasteiger charge is -2.26. The smallest absolute Gasteiger partial charge is 0.295 e. The molecule has 0 saturated carbocycles. The molecule has 8 heteroatoms. The van der Waals surface area contributed by atoms with E-state index in [0.29, 0.717) is 5.56 Å². The van der Waals surface area contributed by atoms with Crippen LogP contribution in [0.4, 0.5) is 5.69 Å². The number of nitro benzene ring substituents is 1. The average molecular weight is 438 g/mol. The number of aliphatic hydroxyl groups excluding tert-OH is 1. The van der Waals surface area contributed by atoms with E-state index in [1.807, 2.05) is 24.3 Å². The molecule has 1 atom stereocenters. The third-order valence-electron chi connectivity index (χ3n) is 5.52. The molecule has 1 aliphatic rings. The molecular weight excluding hydrogens is 412 g/mol. The number of likely N-dealkylation sites (tertiary alicyclic amines) is 1. The largest absolute Gasteiger partial charge is 0.507 e. The van der Waals surface area contributed by atoms with Crippen molar-refractivity contribution >= 4 is 23.1 Å². The Morgan fingerprint density at radius 3 is 2.19 bits per heavy atom. The Hall–Kier alpha value is -3.52. The predicted molar refractivity (Wildman–Crippen MR) is 119 cm³/mol. The van der Waals surface area contributed by atoms with E-state index in [-0.39, 0.29) is 41.1 Å². The Morgan fingerprint density at radius 1 is 1.09 bits per heavy atom. The maximum atomic E-state index is 12.9. The van der Waals surface area contributed by atoms with Crippen LogP contribution in [0, 0.1) is 10.1 Å². The summed E-state index contributed by atoms with van der Waals surface area (Å²) < 4.78 is 5.10. The van der Waals surface area contributed by atoms with Gasteiger partial charge in [0.15, 0.2) is 0 Å². The van der Waals surface area contributed by atoms with Crippen molar-refractivity contribution in [1.82, 2.24) is 4.90 Å². The van der Waals surface area contributed by atoms with E-state index >= 15 is 0 Å². The number of hydrogen-bond acceptors (Lipinski definition) is 6. The van der Waals surface area contributed by atoms with Gasteiger partial charge in [-0.3, -0.25) is 19.7 Å². The van der Waals surface area contributed by atoms with Crippen LogP contribution in [0.15, 0.2) is 54.1 Å². The Kier molecular flexibility index (Phi) is 6.45. The Bertz CT molecular complexity index is 1070. The van der Waals surface area contributed by atoms with E-state index in [2.05, 4.69) is 20.8 Å². The van der Waals surface area contributed by atoms with E-state index in [9.17, 15) is 24.8 Å². The molecule has 1 unspecified atom stereocenters. The van der Waals surface area contributed by atoms with Crippen LogP contribution in [-0.2, 0) is 19.7 Å². The fourth-order valence-corrected chi connectivity index (χ4v) is 3.71. The molecule has 1 saturated heterocycles. The highest BCUT2D eigenvalue weighted by molar-refractivity contribution is 6.46. The minimum Gasteiger partial charge on any atom is -0.507 e. The van der Waals surface area contributed by atoms with Gasteiger partial charge in [0.2, 0.25) is 0 Å². The zero-order valence-corrected chi connectivity index (χ0v) is 18.5. The molecule has 0 radical (unpaired) electrons. The number of ketones is 1. The lowest BCUT2D eigenvalue weighted by Crippen LogP contribution is -2.32. The Labute approximate surface area is 186 Å². The summed E-state index contributed by atoms with van der Waals surface area (Å²) in [6, 6.07) is 12.0. The molecule has 3 rings (SSSR count). The molecule has 1 fully saturated rings. The first-order chi connectivity index (χ1) is 15.1. The van der Waals surface area contributed by atoms with Gasteiger partial charge in [0.05, 0.1) is 23.1 Å². The maximum Gasteiger partial charge on any atom is 0.295 e. The highest BCUT2D eigenvalue weighted by Gasteiger charge is 2.45. The summed E-state index contributed by atoms with van der Waals surface area (Å²) in [5.41, 5.74) is 1.72. The van der Waals surface area contributed by atoms with E-state index < -0.39 is 22.7 Å². The predicted octanol–water partition coefficient (Wildman–Crippen LogP) is 3.96. The third kappa shape index (κ3) is 4.40. The number of nitro groups is 1. The number of benzene rings is 2. The van der Waals surface area contributed by atoms with Crippen molar-refractivity contribution in [3.63, 3.8) is 0 Å². The summed E-state index contributed by atoms with van der Waals surface area (Å²) in [5, 5.41) is 21.9. The van der Waals surface area contributed by atoms with Gasteiger partial charge >= 0.3 is 0 Å². The normalized spacial score (nSPS) is 18.2. The van der Waals surface area contributed by atoms with Crippen LogP contribution in [0.1, 0.15) is 43.5 Å². The van der Waals surface area contributed by atoms with Crippen LogP contribution in [-0.4, -0.2) is 46.9 Å². The second-order valence-corrected chi connectivity index (χ2v) is 8.66. The summed E-state index contributed by atoms with van der Waals surface area (Å²) >= 11 is 0. The van der Waals surface area contributed by atoms with Crippen molar-refractivity contribution < 1.29 is 24.4 Å². The van der Waals surface area contributed by atoms with Gasteiger partial charge in [-0.1, -0.05) is 45.0 Å². The second kappa shape index (κ2) is 8.92. The zero-order chi connectivity index (χ0) is 23.6. The second-order valence-electron chi connectivity index (χ2n) is 8.66. The lowest BCUT2D eigenvalue weighted by atomic mass is 9.85. The van der Waals surface area contributed by atoms with Gasteiger partial charge < -0.3 is 14.7 Å². The third-order valence-corrected chi connectivity index (χ3v) is 5.52. The Morgan fingerprint density at radius 2 is 1.69 bits per heavy atom. The van der Waals surface area contributed by atoms with Gasteiger partial charge in [0.25, 0.3) is 17.4 Å². The molecule has 2 aromatic carbocycles. The number of aliphatic hydroxyl groups is 1. The van der Waals surface area contributed by atoms with E-state index in [1.54, 1.807) is 0 Å². The van der Waals surface area contributed by atoms with Crippen molar-refractivity contribution in [3.8, 4) is 0 Å². The first-order valence-electron chi connectivity index (χ1n) is 10.2. The quantitative estimate of drug-likeness (QED) is 0.240.